The Morgan fingerprint density at radius 2 is 0.892 bits per heavy atom. The molecular formula is C33H66O4. The average Bonchev–Trinajstić information content (AvgIpc) is 2.90. The summed E-state index contributed by atoms with van der Waals surface area (Å²) in [5.74, 6) is -0.202. The Hall–Kier alpha value is -0.610. The molecule has 0 aliphatic carbocycles. The van der Waals surface area contributed by atoms with Gasteiger partial charge in [0.1, 0.15) is 6.10 Å². The van der Waals surface area contributed by atoms with Crippen molar-refractivity contribution in [1.29, 1.82) is 0 Å². The largest absolute Gasteiger partial charge is 0.457 e. The highest BCUT2D eigenvalue weighted by Gasteiger charge is 2.13. The van der Waals surface area contributed by atoms with Crippen molar-refractivity contribution in [3.05, 3.63) is 0 Å². The number of rotatable bonds is 31. The lowest BCUT2D eigenvalue weighted by Crippen LogP contribution is -2.27. The molecule has 0 fully saturated rings. The zero-order chi connectivity index (χ0) is 27.1. The Bertz CT molecular complexity index is 440. The molecule has 0 heterocycles. The molecule has 0 aliphatic heterocycles. The van der Waals surface area contributed by atoms with Gasteiger partial charge in [0.15, 0.2) is 0 Å². The summed E-state index contributed by atoms with van der Waals surface area (Å²) in [4.78, 5) is 12.0. The summed E-state index contributed by atoms with van der Waals surface area (Å²) in [6.07, 6.45) is 32.8. The fourth-order valence-corrected chi connectivity index (χ4v) is 4.92. The summed E-state index contributed by atoms with van der Waals surface area (Å²) in [6, 6.07) is 0. The van der Waals surface area contributed by atoms with E-state index in [0.717, 1.165) is 19.3 Å². The number of unbranched alkanes of at least 4 members (excludes halogenated alkanes) is 23. The monoisotopic (exact) mass is 526 g/mol. The molecule has 0 aromatic rings. The maximum atomic E-state index is 12.0. The van der Waals surface area contributed by atoms with E-state index in [4.69, 9.17) is 9.47 Å². The molecule has 222 valence electrons. The van der Waals surface area contributed by atoms with Gasteiger partial charge >= 0.3 is 5.97 Å². The zero-order valence-electron chi connectivity index (χ0n) is 25.3. The molecule has 0 saturated carbocycles. The molecule has 37 heavy (non-hydrogen) atoms. The minimum Gasteiger partial charge on any atom is -0.457 e. The predicted octanol–water partition coefficient (Wildman–Crippen LogP) is 10.1. The smallest absolute Gasteiger partial charge is 0.306 e. The van der Waals surface area contributed by atoms with E-state index in [2.05, 4.69) is 13.8 Å². The third-order valence-corrected chi connectivity index (χ3v) is 7.43. The van der Waals surface area contributed by atoms with Crippen molar-refractivity contribution in [1.82, 2.24) is 0 Å². The first-order valence-electron chi connectivity index (χ1n) is 16.6. The highest BCUT2D eigenvalue weighted by molar-refractivity contribution is 5.69. The minimum atomic E-state index is -0.521. The van der Waals surface area contributed by atoms with Gasteiger partial charge in [-0.3, -0.25) is 4.79 Å². The van der Waals surface area contributed by atoms with Gasteiger partial charge in [0.05, 0.1) is 13.2 Å². The lowest BCUT2D eigenvalue weighted by molar-refractivity contribution is -0.154. The van der Waals surface area contributed by atoms with Crippen LogP contribution < -0.4 is 0 Å². The van der Waals surface area contributed by atoms with Crippen LogP contribution in [0.4, 0.5) is 0 Å². The van der Waals surface area contributed by atoms with Crippen molar-refractivity contribution < 1.29 is 19.4 Å². The molecular weight excluding hydrogens is 460 g/mol. The molecule has 0 radical (unpaired) electrons. The highest BCUT2D eigenvalue weighted by Crippen LogP contribution is 2.14. The van der Waals surface area contributed by atoms with E-state index >= 15 is 0 Å². The second kappa shape index (κ2) is 31.6. The first kappa shape index (κ1) is 36.4. The molecule has 1 unspecified atom stereocenters. The van der Waals surface area contributed by atoms with Crippen molar-refractivity contribution in [3.8, 4) is 0 Å². The zero-order valence-corrected chi connectivity index (χ0v) is 25.3. The van der Waals surface area contributed by atoms with Gasteiger partial charge in [0, 0.05) is 13.0 Å². The second-order valence-electron chi connectivity index (χ2n) is 11.3. The molecule has 1 atom stereocenters. The van der Waals surface area contributed by atoms with Gasteiger partial charge in [-0.2, -0.15) is 0 Å². The fraction of sp³-hybridized carbons (Fsp3) is 0.970. The number of esters is 1. The number of carbonyl (C=O) groups excluding carboxylic acids is 1. The van der Waals surface area contributed by atoms with Gasteiger partial charge in [-0.25, -0.2) is 0 Å². The average molecular weight is 527 g/mol. The van der Waals surface area contributed by atoms with Crippen LogP contribution in [-0.2, 0) is 14.3 Å². The van der Waals surface area contributed by atoms with Crippen LogP contribution in [0.5, 0.6) is 0 Å². The summed E-state index contributed by atoms with van der Waals surface area (Å²) in [6.45, 7) is 5.34. The van der Waals surface area contributed by atoms with E-state index in [-0.39, 0.29) is 12.6 Å². The molecule has 0 rings (SSSR count). The van der Waals surface area contributed by atoms with Crippen molar-refractivity contribution in [3.63, 3.8) is 0 Å². The molecule has 4 nitrogen and oxygen atoms in total. The van der Waals surface area contributed by atoms with Crippen LogP contribution >= 0.6 is 0 Å². The van der Waals surface area contributed by atoms with Crippen molar-refractivity contribution in [2.45, 2.75) is 187 Å². The van der Waals surface area contributed by atoms with Crippen LogP contribution in [0, 0.1) is 0 Å². The number of ether oxygens (including phenoxy) is 2. The van der Waals surface area contributed by atoms with E-state index in [1.807, 2.05) is 0 Å². The van der Waals surface area contributed by atoms with Crippen molar-refractivity contribution in [2.24, 2.45) is 0 Å². The molecule has 0 bridgehead atoms. The first-order chi connectivity index (χ1) is 18.2. The van der Waals surface area contributed by atoms with E-state index in [9.17, 15) is 9.90 Å². The van der Waals surface area contributed by atoms with Crippen LogP contribution in [0.3, 0.4) is 0 Å². The molecule has 0 saturated heterocycles. The number of hydrogen-bond donors (Lipinski definition) is 1. The Morgan fingerprint density at radius 3 is 1.27 bits per heavy atom. The van der Waals surface area contributed by atoms with Crippen LogP contribution in [0.1, 0.15) is 181 Å². The number of carbonyl (C=O) groups is 1. The fourth-order valence-electron chi connectivity index (χ4n) is 4.92. The maximum absolute atomic E-state index is 12.0. The second-order valence-corrected chi connectivity index (χ2v) is 11.3. The molecule has 4 heteroatoms. The first-order valence-corrected chi connectivity index (χ1v) is 16.6. The summed E-state index contributed by atoms with van der Waals surface area (Å²) >= 11 is 0. The molecule has 0 aromatic carbocycles. The third kappa shape index (κ3) is 29.8. The van der Waals surface area contributed by atoms with E-state index in [1.54, 1.807) is 0 Å². The SMILES string of the molecule is CCCCCCCCCCCCCCCCCCCOCC(CO)OC(=O)CCCCCCCCCC. The predicted molar refractivity (Wildman–Crippen MR) is 159 cm³/mol. The Balaban J connectivity index is 3.35. The molecule has 1 N–H and O–H groups in total. The summed E-state index contributed by atoms with van der Waals surface area (Å²) < 4.78 is 11.0. The van der Waals surface area contributed by atoms with E-state index in [0.29, 0.717) is 19.6 Å². The number of aliphatic hydroxyl groups is 1. The Labute approximate surface area is 232 Å². The van der Waals surface area contributed by atoms with Crippen molar-refractivity contribution >= 4 is 5.97 Å². The summed E-state index contributed by atoms with van der Waals surface area (Å²) in [5, 5.41) is 9.48. The van der Waals surface area contributed by atoms with Gasteiger partial charge in [-0.15, -0.1) is 0 Å². The van der Waals surface area contributed by atoms with Crippen LogP contribution in [0.25, 0.3) is 0 Å². The third-order valence-electron chi connectivity index (χ3n) is 7.43. The van der Waals surface area contributed by atoms with Gasteiger partial charge in [0.2, 0.25) is 0 Å². The molecule has 0 amide bonds. The van der Waals surface area contributed by atoms with Crippen LogP contribution in [0.15, 0.2) is 0 Å². The summed E-state index contributed by atoms with van der Waals surface area (Å²) in [7, 11) is 0. The van der Waals surface area contributed by atoms with Crippen LogP contribution in [0.2, 0.25) is 0 Å². The quantitative estimate of drug-likeness (QED) is 0.0721. The highest BCUT2D eigenvalue weighted by atomic mass is 16.6. The van der Waals surface area contributed by atoms with Gasteiger partial charge in [-0.05, 0) is 12.8 Å². The van der Waals surface area contributed by atoms with Gasteiger partial charge in [-0.1, -0.05) is 162 Å². The topological polar surface area (TPSA) is 55.8 Å². The normalized spacial score (nSPS) is 12.2. The number of aliphatic hydroxyl groups excluding tert-OH is 1. The van der Waals surface area contributed by atoms with Crippen molar-refractivity contribution in [2.75, 3.05) is 19.8 Å². The molecule has 0 aromatic heterocycles. The maximum Gasteiger partial charge on any atom is 0.306 e. The summed E-state index contributed by atoms with van der Waals surface area (Å²) in [5.41, 5.74) is 0. The standard InChI is InChI=1S/C33H66O4/c1-3-5-7-9-11-13-14-15-16-17-18-19-20-21-23-25-27-29-36-31-32(30-34)37-33(35)28-26-24-22-12-10-8-6-4-2/h32,34H,3-31H2,1-2H3. The van der Waals surface area contributed by atoms with E-state index in [1.165, 1.54) is 141 Å². The Morgan fingerprint density at radius 1 is 0.541 bits per heavy atom. The lowest BCUT2D eigenvalue weighted by Gasteiger charge is -2.16. The molecule has 0 aliphatic rings. The lowest BCUT2D eigenvalue weighted by atomic mass is 10.0. The number of hydrogen-bond acceptors (Lipinski definition) is 4. The minimum absolute atomic E-state index is 0.164. The van der Waals surface area contributed by atoms with E-state index < -0.39 is 6.10 Å². The van der Waals surface area contributed by atoms with Crippen LogP contribution in [-0.4, -0.2) is 37.0 Å². The molecule has 0 spiro atoms. The van der Waals surface area contributed by atoms with Gasteiger partial charge < -0.3 is 14.6 Å². The Kier molecular flexibility index (Phi) is 31.1. The van der Waals surface area contributed by atoms with Gasteiger partial charge in [0.25, 0.3) is 0 Å².